The molecule has 0 saturated carbocycles. The van der Waals surface area contributed by atoms with Crippen molar-refractivity contribution < 1.29 is 19.1 Å². The number of para-hydroxylation sites is 1. The molecule has 5 rings (SSSR count). The summed E-state index contributed by atoms with van der Waals surface area (Å²) in [5.41, 5.74) is 5.13. The summed E-state index contributed by atoms with van der Waals surface area (Å²) in [6, 6.07) is 19.7. The largest absolute Gasteiger partial charge is 0.507 e. The summed E-state index contributed by atoms with van der Waals surface area (Å²) in [7, 11) is 0. The second kappa shape index (κ2) is 9.07. The number of carbonyl (C=O) groups is 2. The van der Waals surface area contributed by atoms with E-state index in [4.69, 9.17) is 4.42 Å². The summed E-state index contributed by atoms with van der Waals surface area (Å²) < 4.78 is 5.83. The lowest BCUT2D eigenvalue weighted by Crippen LogP contribution is -2.17. The topological polar surface area (TPSA) is 120 Å². The van der Waals surface area contributed by atoms with Crippen LogP contribution in [0.5, 0.6) is 5.75 Å². The number of aromatic hydroxyl groups is 1. The lowest BCUT2D eigenvalue weighted by molar-refractivity contribution is 0.0999. The fourth-order valence-corrected chi connectivity index (χ4v) is 4.15. The summed E-state index contributed by atoms with van der Waals surface area (Å²) in [4.78, 5) is 26.3. The molecule has 0 aliphatic heterocycles. The molecule has 0 atom stereocenters. The Labute approximate surface area is 207 Å². The van der Waals surface area contributed by atoms with Crippen LogP contribution in [-0.2, 0) is 0 Å². The maximum absolute atomic E-state index is 13.2. The number of furan rings is 1. The number of aromatic amines is 1. The van der Waals surface area contributed by atoms with Gasteiger partial charge >= 0.3 is 0 Å². The minimum absolute atomic E-state index is 0.0160. The normalized spacial score (nSPS) is 11.0. The number of hydrogen-bond donors (Lipinski definition) is 4. The molecule has 3 aromatic carbocycles. The Kier molecular flexibility index (Phi) is 5.77. The van der Waals surface area contributed by atoms with Crippen molar-refractivity contribution in [2.45, 2.75) is 20.8 Å². The Morgan fingerprint density at radius 2 is 1.69 bits per heavy atom. The number of hydrogen-bond acceptors (Lipinski definition) is 5. The molecule has 0 unspecified atom stereocenters. The second-order valence-corrected chi connectivity index (χ2v) is 8.72. The van der Waals surface area contributed by atoms with Gasteiger partial charge < -0.3 is 20.2 Å². The van der Waals surface area contributed by atoms with Crippen LogP contribution < -0.4 is 10.6 Å². The van der Waals surface area contributed by atoms with E-state index < -0.39 is 11.8 Å². The standard InChI is InChI=1S/C28H24N4O4/c1-15-7-6-8-18(12-15)29-28(35)26-24(19-9-4-5-10-23(19)36-26)30-27(34)22-14-21(31-32-22)20-13-16(2)11-17(3)25(20)33/h4-14,33H,1-3H3,(H,29,35)(H,30,34)(H,31,32). The number of anilines is 2. The summed E-state index contributed by atoms with van der Waals surface area (Å²) in [5.74, 6) is -0.904. The summed E-state index contributed by atoms with van der Waals surface area (Å²) in [6.45, 7) is 5.65. The van der Waals surface area contributed by atoms with Crippen LogP contribution in [0.25, 0.3) is 22.2 Å². The van der Waals surface area contributed by atoms with Crippen LogP contribution in [0.3, 0.4) is 0 Å². The average molecular weight is 481 g/mol. The van der Waals surface area contributed by atoms with Crippen molar-refractivity contribution in [1.29, 1.82) is 0 Å². The molecule has 2 aromatic heterocycles. The van der Waals surface area contributed by atoms with Crippen molar-refractivity contribution in [3.63, 3.8) is 0 Å². The molecule has 0 spiro atoms. The fraction of sp³-hybridized carbons (Fsp3) is 0.107. The van der Waals surface area contributed by atoms with Crippen LogP contribution in [-0.4, -0.2) is 27.1 Å². The molecule has 0 bridgehead atoms. The van der Waals surface area contributed by atoms with E-state index in [0.717, 1.165) is 11.1 Å². The zero-order valence-corrected chi connectivity index (χ0v) is 20.0. The van der Waals surface area contributed by atoms with Crippen LogP contribution >= 0.6 is 0 Å². The van der Waals surface area contributed by atoms with E-state index in [2.05, 4.69) is 20.8 Å². The van der Waals surface area contributed by atoms with Crippen molar-refractivity contribution in [3.8, 4) is 17.0 Å². The van der Waals surface area contributed by atoms with E-state index in [9.17, 15) is 14.7 Å². The van der Waals surface area contributed by atoms with Gasteiger partial charge in [0.05, 0.1) is 5.69 Å². The molecule has 0 aliphatic rings. The Morgan fingerprint density at radius 3 is 2.50 bits per heavy atom. The average Bonchev–Trinajstić information content (AvgIpc) is 3.47. The summed E-state index contributed by atoms with van der Waals surface area (Å²) in [6.07, 6.45) is 0. The van der Waals surface area contributed by atoms with Gasteiger partial charge in [-0.2, -0.15) is 5.10 Å². The highest BCUT2D eigenvalue weighted by molar-refractivity contribution is 6.16. The second-order valence-electron chi connectivity index (χ2n) is 8.72. The lowest BCUT2D eigenvalue weighted by atomic mass is 10.0. The van der Waals surface area contributed by atoms with Crippen LogP contribution in [0.2, 0.25) is 0 Å². The van der Waals surface area contributed by atoms with E-state index in [1.54, 1.807) is 49.4 Å². The summed E-state index contributed by atoms with van der Waals surface area (Å²) in [5, 5.41) is 23.6. The molecule has 2 amide bonds. The maximum Gasteiger partial charge on any atom is 0.293 e. The number of nitrogens with zero attached hydrogens (tertiary/aromatic N) is 1. The molecule has 8 nitrogen and oxygen atoms in total. The SMILES string of the molecule is Cc1cccc(NC(=O)c2oc3ccccc3c2NC(=O)c2cc(-c3cc(C)cc(C)c3O)n[nH]2)c1. The van der Waals surface area contributed by atoms with Gasteiger partial charge in [0.1, 0.15) is 22.7 Å². The number of H-pyrrole nitrogens is 1. The number of benzene rings is 3. The maximum atomic E-state index is 13.2. The Bertz CT molecular complexity index is 1630. The van der Waals surface area contributed by atoms with E-state index in [1.807, 2.05) is 38.1 Å². The smallest absolute Gasteiger partial charge is 0.293 e. The van der Waals surface area contributed by atoms with Gasteiger partial charge in [0.15, 0.2) is 0 Å². The molecule has 4 N–H and O–H groups in total. The number of rotatable bonds is 5. The van der Waals surface area contributed by atoms with Gasteiger partial charge in [-0.05, 0) is 73.9 Å². The number of carbonyl (C=O) groups excluding carboxylic acids is 2. The monoisotopic (exact) mass is 480 g/mol. The highest BCUT2D eigenvalue weighted by atomic mass is 16.3. The third kappa shape index (κ3) is 4.32. The first-order chi connectivity index (χ1) is 17.3. The molecular formula is C28H24N4O4. The number of fused-ring (bicyclic) bond motifs is 1. The van der Waals surface area contributed by atoms with E-state index in [1.165, 1.54) is 0 Å². The quantitative estimate of drug-likeness (QED) is 0.247. The summed E-state index contributed by atoms with van der Waals surface area (Å²) >= 11 is 0. The van der Waals surface area contributed by atoms with Gasteiger partial charge in [-0.3, -0.25) is 14.7 Å². The Balaban J connectivity index is 1.46. The third-order valence-corrected chi connectivity index (χ3v) is 5.86. The van der Waals surface area contributed by atoms with Crippen molar-refractivity contribution in [3.05, 3.63) is 94.9 Å². The van der Waals surface area contributed by atoms with Gasteiger partial charge in [-0.1, -0.05) is 30.3 Å². The van der Waals surface area contributed by atoms with E-state index >= 15 is 0 Å². The highest BCUT2D eigenvalue weighted by Crippen LogP contribution is 2.34. The first-order valence-electron chi connectivity index (χ1n) is 11.4. The number of amides is 2. The number of phenolic OH excluding ortho intramolecular Hbond substituents is 1. The molecule has 0 aliphatic carbocycles. The Hall–Kier alpha value is -4.85. The van der Waals surface area contributed by atoms with Gasteiger partial charge in [-0.15, -0.1) is 0 Å². The zero-order chi connectivity index (χ0) is 25.4. The van der Waals surface area contributed by atoms with E-state index in [-0.39, 0.29) is 22.9 Å². The van der Waals surface area contributed by atoms with Gasteiger partial charge in [0, 0.05) is 16.6 Å². The molecule has 36 heavy (non-hydrogen) atoms. The molecule has 2 heterocycles. The van der Waals surface area contributed by atoms with Gasteiger partial charge in [0.2, 0.25) is 5.76 Å². The first-order valence-corrected chi connectivity index (χ1v) is 11.4. The highest BCUT2D eigenvalue weighted by Gasteiger charge is 2.24. The lowest BCUT2D eigenvalue weighted by Gasteiger charge is -2.07. The number of aromatic nitrogens is 2. The van der Waals surface area contributed by atoms with Gasteiger partial charge in [-0.25, -0.2) is 0 Å². The molecule has 5 aromatic rings. The minimum atomic E-state index is -0.506. The number of nitrogens with one attached hydrogen (secondary N) is 3. The molecule has 0 radical (unpaired) electrons. The number of aryl methyl sites for hydroxylation is 3. The molecule has 0 fully saturated rings. The van der Waals surface area contributed by atoms with Crippen LogP contribution in [0, 0.1) is 20.8 Å². The molecule has 0 saturated heterocycles. The van der Waals surface area contributed by atoms with Gasteiger partial charge in [0.25, 0.3) is 11.8 Å². The molecular weight excluding hydrogens is 456 g/mol. The fourth-order valence-electron chi connectivity index (χ4n) is 4.15. The van der Waals surface area contributed by atoms with E-state index in [0.29, 0.717) is 33.5 Å². The predicted molar refractivity (Wildman–Crippen MR) is 138 cm³/mol. The molecule has 180 valence electrons. The number of phenols is 1. The van der Waals surface area contributed by atoms with Crippen molar-refractivity contribution in [2.24, 2.45) is 0 Å². The van der Waals surface area contributed by atoms with Crippen molar-refractivity contribution >= 4 is 34.2 Å². The third-order valence-electron chi connectivity index (χ3n) is 5.86. The molecule has 8 heteroatoms. The van der Waals surface area contributed by atoms with Crippen molar-refractivity contribution in [2.75, 3.05) is 10.6 Å². The Morgan fingerprint density at radius 1 is 0.889 bits per heavy atom. The predicted octanol–water partition coefficient (Wildman–Crippen LogP) is 5.96. The van der Waals surface area contributed by atoms with Crippen molar-refractivity contribution in [1.82, 2.24) is 10.2 Å². The minimum Gasteiger partial charge on any atom is -0.507 e. The first kappa shape index (κ1) is 22.9. The van der Waals surface area contributed by atoms with Crippen LogP contribution in [0.1, 0.15) is 37.7 Å². The van der Waals surface area contributed by atoms with Crippen LogP contribution in [0.15, 0.2) is 71.1 Å². The van der Waals surface area contributed by atoms with Crippen LogP contribution in [0.4, 0.5) is 11.4 Å². The zero-order valence-electron chi connectivity index (χ0n) is 20.0.